The predicted octanol–water partition coefficient (Wildman–Crippen LogP) is 2.54. The summed E-state index contributed by atoms with van der Waals surface area (Å²) in [5, 5.41) is 0. The molecule has 0 atom stereocenters. The van der Waals surface area contributed by atoms with Crippen LogP contribution in [0.4, 0.5) is 5.69 Å². The van der Waals surface area contributed by atoms with Gasteiger partial charge in [-0.05, 0) is 30.5 Å². The van der Waals surface area contributed by atoms with E-state index >= 15 is 0 Å². The minimum absolute atomic E-state index is 0.852. The molecule has 4 heteroatoms. The molecule has 0 saturated carbocycles. The third-order valence-corrected chi connectivity index (χ3v) is 3.61. The van der Waals surface area contributed by atoms with Crippen LogP contribution in [0.25, 0.3) is 0 Å². The molecule has 0 amide bonds. The van der Waals surface area contributed by atoms with Crippen LogP contribution in [0, 0.1) is 0 Å². The molecule has 3 rings (SSSR count). The summed E-state index contributed by atoms with van der Waals surface area (Å²) in [6.45, 7) is 3.11. The molecule has 1 saturated heterocycles. The molecule has 0 radical (unpaired) electrons. The quantitative estimate of drug-likeness (QED) is 0.843. The maximum Gasteiger partial charge on any atom is 0.142 e. The number of hydrogen-bond acceptors (Lipinski definition) is 3. The first-order valence-electron chi connectivity index (χ1n) is 6.74. The van der Waals surface area contributed by atoms with Crippen molar-refractivity contribution < 1.29 is 4.74 Å². The highest BCUT2D eigenvalue weighted by Gasteiger charge is 2.16. The fourth-order valence-corrected chi connectivity index (χ4v) is 2.63. The number of imidazole rings is 1. The van der Waals surface area contributed by atoms with E-state index in [1.54, 1.807) is 7.11 Å². The van der Waals surface area contributed by atoms with Crippen LogP contribution in [0.3, 0.4) is 0 Å². The van der Waals surface area contributed by atoms with Crippen LogP contribution in [0.15, 0.2) is 36.9 Å². The average molecular weight is 257 g/mol. The zero-order valence-corrected chi connectivity index (χ0v) is 11.2. The molecule has 2 aromatic rings. The van der Waals surface area contributed by atoms with Gasteiger partial charge in [-0.3, -0.25) is 0 Å². The third-order valence-electron chi connectivity index (χ3n) is 3.61. The van der Waals surface area contributed by atoms with E-state index in [1.807, 2.05) is 18.7 Å². The average Bonchev–Trinajstić information content (AvgIpc) is 3.11. The van der Waals surface area contributed by atoms with Crippen molar-refractivity contribution in [3.8, 4) is 5.75 Å². The number of rotatable bonds is 4. The molecule has 4 nitrogen and oxygen atoms in total. The summed E-state index contributed by atoms with van der Waals surface area (Å²) >= 11 is 0. The van der Waals surface area contributed by atoms with Crippen LogP contribution < -0.4 is 9.64 Å². The summed E-state index contributed by atoms with van der Waals surface area (Å²) in [6.07, 6.45) is 8.19. The second-order valence-corrected chi connectivity index (χ2v) is 4.94. The van der Waals surface area contributed by atoms with E-state index in [0.29, 0.717) is 0 Å². The van der Waals surface area contributed by atoms with E-state index in [-0.39, 0.29) is 0 Å². The molecule has 0 spiro atoms. The van der Waals surface area contributed by atoms with Crippen molar-refractivity contribution in [1.29, 1.82) is 0 Å². The second-order valence-electron chi connectivity index (χ2n) is 4.94. The molecule has 100 valence electrons. The Bertz CT molecular complexity index is 530. The first-order chi connectivity index (χ1) is 9.36. The van der Waals surface area contributed by atoms with Crippen LogP contribution in [-0.2, 0) is 6.54 Å². The minimum atomic E-state index is 0.852. The van der Waals surface area contributed by atoms with Gasteiger partial charge in [-0.2, -0.15) is 0 Å². The van der Waals surface area contributed by atoms with Crippen molar-refractivity contribution in [2.45, 2.75) is 19.4 Å². The van der Waals surface area contributed by atoms with Gasteiger partial charge in [0.05, 0.1) is 19.1 Å². The van der Waals surface area contributed by atoms with E-state index < -0.39 is 0 Å². The maximum absolute atomic E-state index is 5.49. The first-order valence-corrected chi connectivity index (χ1v) is 6.74. The lowest BCUT2D eigenvalue weighted by Crippen LogP contribution is -2.18. The lowest BCUT2D eigenvalue weighted by molar-refractivity contribution is 0.414. The number of methoxy groups -OCH3 is 1. The van der Waals surface area contributed by atoms with Crippen molar-refractivity contribution in [2.75, 3.05) is 25.1 Å². The lowest BCUT2D eigenvalue weighted by atomic mass is 10.1. The van der Waals surface area contributed by atoms with Gasteiger partial charge in [-0.15, -0.1) is 0 Å². The summed E-state index contributed by atoms with van der Waals surface area (Å²) in [6, 6.07) is 6.43. The second kappa shape index (κ2) is 5.34. The summed E-state index contributed by atoms with van der Waals surface area (Å²) in [5.74, 6) is 0.969. The molecule has 2 heterocycles. The number of aromatic nitrogens is 2. The van der Waals surface area contributed by atoms with E-state index in [9.17, 15) is 0 Å². The van der Waals surface area contributed by atoms with Crippen molar-refractivity contribution >= 4 is 5.69 Å². The van der Waals surface area contributed by atoms with Crippen molar-refractivity contribution in [2.24, 2.45) is 0 Å². The summed E-state index contributed by atoms with van der Waals surface area (Å²) < 4.78 is 7.57. The first kappa shape index (κ1) is 12.1. The Labute approximate surface area is 113 Å². The van der Waals surface area contributed by atoms with Gasteiger partial charge in [0, 0.05) is 32.0 Å². The van der Waals surface area contributed by atoms with Crippen molar-refractivity contribution in [1.82, 2.24) is 9.55 Å². The van der Waals surface area contributed by atoms with Crippen LogP contribution in [0.1, 0.15) is 18.4 Å². The van der Waals surface area contributed by atoms with Crippen LogP contribution in [0.2, 0.25) is 0 Å². The molecular formula is C15H19N3O. The standard InChI is InChI=1S/C15H19N3O/c1-19-15-5-4-13(11-17-9-6-16-12-17)10-14(15)18-7-2-3-8-18/h4-6,9-10,12H,2-3,7-8,11H2,1H3. The van der Waals surface area contributed by atoms with Gasteiger partial charge < -0.3 is 14.2 Å². The van der Waals surface area contributed by atoms with Crippen molar-refractivity contribution in [3.63, 3.8) is 0 Å². The predicted molar refractivity (Wildman–Crippen MR) is 75.8 cm³/mol. The molecule has 0 N–H and O–H groups in total. The van der Waals surface area contributed by atoms with Crippen LogP contribution in [-0.4, -0.2) is 29.8 Å². The maximum atomic E-state index is 5.49. The number of benzene rings is 1. The number of ether oxygens (including phenoxy) is 1. The van der Waals surface area contributed by atoms with E-state index in [2.05, 4.69) is 32.7 Å². The Morgan fingerprint density at radius 2 is 2.11 bits per heavy atom. The van der Waals surface area contributed by atoms with E-state index in [4.69, 9.17) is 4.74 Å². The van der Waals surface area contributed by atoms with Gasteiger partial charge in [0.1, 0.15) is 5.75 Å². The molecule has 1 fully saturated rings. The van der Waals surface area contributed by atoms with Gasteiger partial charge in [-0.25, -0.2) is 4.98 Å². The highest BCUT2D eigenvalue weighted by atomic mass is 16.5. The van der Waals surface area contributed by atoms with E-state index in [1.165, 1.54) is 24.1 Å². The minimum Gasteiger partial charge on any atom is -0.495 e. The largest absolute Gasteiger partial charge is 0.495 e. The molecule has 1 aromatic carbocycles. The smallest absolute Gasteiger partial charge is 0.142 e. The van der Waals surface area contributed by atoms with Gasteiger partial charge in [0.15, 0.2) is 0 Å². The van der Waals surface area contributed by atoms with Gasteiger partial charge >= 0.3 is 0 Å². The summed E-state index contributed by atoms with van der Waals surface area (Å²) in [4.78, 5) is 6.49. The topological polar surface area (TPSA) is 30.3 Å². The monoisotopic (exact) mass is 257 g/mol. The number of hydrogen-bond donors (Lipinski definition) is 0. The molecule has 0 bridgehead atoms. The molecule has 0 aliphatic carbocycles. The van der Waals surface area contributed by atoms with Gasteiger partial charge in [0.25, 0.3) is 0 Å². The van der Waals surface area contributed by atoms with Crippen LogP contribution >= 0.6 is 0 Å². The van der Waals surface area contributed by atoms with Gasteiger partial charge in [-0.1, -0.05) is 6.07 Å². The SMILES string of the molecule is COc1ccc(Cn2ccnc2)cc1N1CCCC1. The molecule has 1 aromatic heterocycles. The Morgan fingerprint density at radius 3 is 2.79 bits per heavy atom. The fourth-order valence-electron chi connectivity index (χ4n) is 2.63. The van der Waals surface area contributed by atoms with Crippen molar-refractivity contribution in [3.05, 3.63) is 42.5 Å². The zero-order chi connectivity index (χ0) is 13.1. The van der Waals surface area contributed by atoms with E-state index in [0.717, 1.165) is 25.4 Å². The lowest BCUT2D eigenvalue weighted by Gasteiger charge is -2.21. The Balaban J connectivity index is 1.87. The van der Waals surface area contributed by atoms with Crippen LogP contribution in [0.5, 0.6) is 5.75 Å². The molecule has 1 aliphatic rings. The number of anilines is 1. The zero-order valence-electron chi connectivity index (χ0n) is 11.2. The molecular weight excluding hydrogens is 238 g/mol. The Morgan fingerprint density at radius 1 is 1.26 bits per heavy atom. The highest BCUT2D eigenvalue weighted by Crippen LogP contribution is 2.32. The Hall–Kier alpha value is -1.97. The highest BCUT2D eigenvalue weighted by molar-refractivity contribution is 5.60. The van der Waals surface area contributed by atoms with Gasteiger partial charge in [0.2, 0.25) is 0 Å². The molecule has 0 unspecified atom stereocenters. The summed E-state index contributed by atoms with van der Waals surface area (Å²) in [5.41, 5.74) is 2.50. The normalized spacial score (nSPS) is 14.9. The Kier molecular flexibility index (Phi) is 3.40. The number of nitrogens with zero attached hydrogens (tertiary/aromatic N) is 3. The third kappa shape index (κ3) is 2.57. The summed E-state index contributed by atoms with van der Waals surface area (Å²) in [7, 11) is 1.74. The molecule has 19 heavy (non-hydrogen) atoms. The molecule has 1 aliphatic heterocycles. The fraction of sp³-hybridized carbons (Fsp3) is 0.400.